The zero-order chi connectivity index (χ0) is 17.9. The Balaban J connectivity index is 3.08. The predicted molar refractivity (Wildman–Crippen MR) is 93.2 cm³/mol. The number of hydrogen-bond donors (Lipinski definition) is 0. The molecule has 0 saturated carbocycles. The molecule has 0 aliphatic heterocycles. The average Bonchev–Trinajstić information content (AvgIpc) is 2.55. The molecule has 0 amide bonds. The summed E-state index contributed by atoms with van der Waals surface area (Å²) >= 11 is 0. The Bertz CT molecular complexity index is 270. The summed E-state index contributed by atoms with van der Waals surface area (Å²) in [5, 5.41) is 0. The molecule has 6 heteroatoms. The predicted octanol–water partition coefficient (Wildman–Crippen LogP) is 2.83. The van der Waals surface area contributed by atoms with Gasteiger partial charge in [0.05, 0.1) is 46.2 Å². The van der Waals surface area contributed by atoms with Crippen molar-refractivity contribution in [1.82, 2.24) is 0 Å². The number of ether oxygens (including phenoxy) is 5. The molecular formula is C18H36O6. The normalized spacial score (nSPS) is 11.2. The van der Waals surface area contributed by atoms with E-state index in [1.54, 1.807) is 0 Å². The van der Waals surface area contributed by atoms with E-state index >= 15 is 0 Å². The highest BCUT2D eigenvalue weighted by atomic mass is 16.6. The van der Waals surface area contributed by atoms with E-state index in [-0.39, 0.29) is 5.97 Å². The van der Waals surface area contributed by atoms with Crippen molar-refractivity contribution in [2.75, 3.05) is 59.5 Å². The van der Waals surface area contributed by atoms with Crippen LogP contribution in [0.15, 0.2) is 0 Å². The topological polar surface area (TPSA) is 63.2 Å². The second kappa shape index (κ2) is 18.6. The summed E-state index contributed by atoms with van der Waals surface area (Å²) in [6, 6.07) is 0. The Hall–Kier alpha value is -0.690. The summed E-state index contributed by atoms with van der Waals surface area (Å²) in [4.78, 5) is 11.3. The Labute approximate surface area is 147 Å². The van der Waals surface area contributed by atoms with Gasteiger partial charge in [0, 0.05) is 19.6 Å². The molecule has 0 aliphatic rings. The molecule has 24 heavy (non-hydrogen) atoms. The van der Waals surface area contributed by atoms with Crippen molar-refractivity contribution in [1.29, 1.82) is 0 Å². The standard InChI is InChI=1S/C18H36O6/c1-4-5-9-24-18(19)7-6-8-20-10-11-21-12-13-22-14-15-23-16-17(2)3/h17H,4-16H2,1-3H3. The second-order valence-corrected chi connectivity index (χ2v) is 5.98. The van der Waals surface area contributed by atoms with E-state index in [0.717, 1.165) is 19.4 Å². The molecule has 0 aliphatic carbocycles. The van der Waals surface area contributed by atoms with Gasteiger partial charge in [0.2, 0.25) is 0 Å². The van der Waals surface area contributed by atoms with Gasteiger partial charge in [0.25, 0.3) is 0 Å². The third-order valence-corrected chi connectivity index (χ3v) is 3.00. The molecule has 0 heterocycles. The number of carbonyl (C=O) groups excluding carboxylic acids is 1. The van der Waals surface area contributed by atoms with Crippen LogP contribution in [0.25, 0.3) is 0 Å². The minimum absolute atomic E-state index is 0.141. The van der Waals surface area contributed by atoms with Gasteiger partial charge < -0.3 is 23.7 Å². The summed E-state index contributed by atoms with van der Waals surface area (Å²) in [7, 11) is 0. The zero-order valence-electron chi connectivity index (χ0n) is 15.7. The highest BCUT2D eigenvalue weighted by Gasteiger charge is 2.02. The molecule has 0 radical (unpaired) electrons. The van der Waals surface area contributed by atoms with Crippen LogP contribution in [0.4, 0.5) is 0 Å². The first-order chi connectivity index (χ1) is 11.7. The summed E-state index contributed by atoms with van der Waals surface area (Å²) < 4.78 is 26.6. The molecule has 0 unspecified atom stereocenters. The lowest BCUT2D eigenvalue weighted by Gasteiger charge is -2.08. The largest absolute Gasteiger partial charge is 0.466 e. The number of rotatable bonds is 18. The van der Waals surface area contributed by atoms with Crippen molar-refractivity contribution in [2.24, 2.45) is 5.92 Å². The van der Waals surface area contributed by atoms with E-state index in [0.29, 0.717) is 71.6 Å². The van der Waals surface area contributed by atoms with Gasteiger partial charge in [-0.3, -0.25) is 4.79 Å². The summed E-state index contributed by atoms with van der Waals surface area (Å²) in [6.07, 6.45) is 3.06. The van der Waals surface area contributed by atoms with Gasteiger partial charge in [-0.2, -0.15) is 0 Å². The Morgan fingerprint density at radius 3 is 1.83 bits per heavy atom. The molecule has 0 aromatic heterocycles. The first kappa shape index (κ1) is 23.3. The molecule has 0 atom stereocenters. The van der Waals surface area contributed by atoms with Crippen molar-refractivity contribution in [2.45, 2.75) is 46.5 Å². The Kier molecular flexibility index (Phi) is 18.1. The van der Waals surface area contributed by atoms with Crippen LogP contribution in [0, 0.1) is 5.92 Å². The number of hydrogen-bond acceptors (Lipinski definition) is 6. The minimum Gasteiger partial charge on any atom is -0.466 e. The summed E-state index contributed by atoms with van der Waals surface area (Å²) in [5.74, 6) is 0.415. The van der Waals surface area contributed by atoms with E-state index in [2.05, 4.69) is 20.8 Å². The molecule has 0 fully saturated rings. The van der Waals surface area contributed by atoms with Gasteiger partial charge in [0.1, 0.15) is 0 Å². The SMILES string of the molecule is CCCCOC(=O)CCCOCCOCCOCCOCC(C)C. The summed E-state index contributed by atoms with van der Waals surface area (Å²) in [6.45, 7) is 11.6. The smallest absolute Gasteiger partial charge is 0.305 e. The zero-order valence-corrected chi connectivity index (χ0v) is 15.7. The van der Waals surface area contributed by atoms with Gasteiger partial charge in [-0.1, -0.05) is 27.2 Å². The fourth-order valence-corrected chi connectivity index (χ4v) is 1.70. The number of carbonyl (C=O) groups is 1. The van der Waals surface area contributed by atoms with Gasteiger partial charge in [-0.15, -0.1) is 0 Å². The highest BCUT2D eigenvalue weighted by molar-refractivity contribution is 5.69. The maximum atomic E-state index is 11.3. The second-order valence-electron chi connectivity index (χ2n) is 5.98. The van der Waals surface area contributed by atoms with Crippen LogP contribution < -0.4 is 0 Å². The maximum absolute atomic E-state index is 11.3. The molecule has 0 spiro atoms. The number of esters is 1. The fraction of sp³-hybridized carbons (Fsp3) is 0.944. The molecule has 0 saturated heterocycles. The molecule has 0 rings (SSSR count). The summed E-state index contributed by atoms with van der Waals surface area (Å²) in [5.41, 5.74) is 0. The van der Waals surface area contributed by atoms with Gasteiger partial charge >= 0.3 is 5.97 Å². The molecule has 6 nitrogen and oxygen atoms in total. The van der Waals surface area contributed by atoms with Crippen molar-refractivity contribution in [3.8, 4) is 0 Å². The van der Waals surface area contributed by atoms with Crippen molar-refractivity contribution in [3.05, 3.63) is 0 Å². The first-order valence-electron chi connectivity index (χ1n) is 9.13. The van der Waals surface area contributed by atoms with Crippen molar-refractivity contribution < 1.29 is 28.5 Å². The molecule has 144 valence electrons. The van der Waals surface area contributed by atoms with Crippen LogP contribution in [0.5, 0.6) is 0 Å². The van der Waals surface area contributed by atoms with E-state index < -0.39 is 0 Å². The third kappa shape index (κ3) is 19.4. The van der Waals surface area contributed by atoms with Gasteiger partial charge in [0.15, 0.2) is 0 Å². The van der Waals surface area contributed by atoms with Gasteiger partial charge in [-0.05, 0) is 18.8 Å². The van der Waals surface area contributed by atoms with Crippen molar-refractivity contribution in [3.63, 3.8) is 0 Å². The van der Waals surface area contributed by atoms with E-state index in [9.17, 15) is 4.79 Å². The average molecular weight is 348 g/mol. The molecule has 0 aromatic rings. The van der Waals surface area contributed by atoms with Crippen LogP contribution in [0.1, 0.15) is 46.5 Å². The lowest BCUT2D eigenvalue weighted by atomic mass is 10.2. The van der Waals surface area contributed by atoms with Gasteiger partial charge in [-0.25, -0.2) is 0 Å². The van der Waals surface area contributed by atoms with Crippen LogP contribution in [0.3, 0.4) is 0 Å². The number of unbranched alkanes of at least 4 members (excludes halogenated alkanes) is 1. The molecule has 0 bridgehead atoms. The quantitative estimate of drug-likeness (QED) is 0.280. The van der Waals surface area contributed by atoms with Crippen LogP contribution in [-0.2, 0) is 28.5 Å². The third-order valence-electron chi connectivity index (χ3n) is 3.00. The first-order valence-corrected chi connectivity index (χ1v) is 9.13. The van der Waals surface area contributed by atoms with Crippen LogP contribution in [-0.4, -0.2) is 65.4 Å². The van der Waals surface area contributed by atoms with Crippen LogP contribution in [0.2, 0.25) is 0 Å². The molecular weight excluding hydrogens is 312 g/mol. The monoisotopic (exact) mass is 348 g/mol. The minimum atomic E-state index is -0.141. The van der Waals surface area contributed by atoms with E-state index in [4.69, 9.17) is 23.7 Å². The Morgan fingerprint density at radius 1 is 0.750 bits per heavy atom. The maximum Gasteiger partial charge on any atom is 0.305 e. The fourth-order valence-electron chi connectivity index (χ4n) is 1.70. The lowest BCUT2D eigenvalue weighted by Crippen LogP contribution is -2.13. The van der Waals surface area contributed by atoms with Crippen LogP contribution >= 0.6 is 0 Å². The lowest BCUT2D eigenvalue weighted by molar-refractivity contribution is -0.144. The van der Waals surface area contributed by atoms with E-state index in [1.807, 2.05) is 0 Å². The molecule has 0 N–H and O–H groups in total. The van der Waals surface area contributed by atoms with E-state index in [1.165, 1.54) is 0 Å². The molecule has 0 aromatic carbocycles. The van der Waals surface area contributed by atoms with Crippen molar-refractivity contribution >= 4 is 5.97 Å². The highest BCUT2D eigenvalue weighted by Crippen LogP contribution is 1.96. The Morgan fingerprint density at radius 2 is 1.29 bits per heavy atom.